The lowest BCUT2D eigenvalue weighted by Gasteiger charge is -2.09. The molecule has 0 aromatic heterocycles. The van der Waals surface area contributed by atoms with Crippen molar-refractivity contribution >= 4 is 17.3 Å². The van der Waals surface area contributed by atoms with Crippen LogP contribution in [0.4, 0.5) is 5.69 Å². The quantitative estimate of drug-likeness (QED) is 0.468. The van der Waals surface area contributed by atoms with E-state index in [1.807, 2.05) is 36.4 Å². The fourth-order valence-electron chi connectivity index (χ4n) is 2.41. The maximum absolute atomic E-state index is 11.2. The van der Waals surface area contributed by atoms with Gasteiger partial charge in [0, 0.05) is 16.7 Å². The van der Waals surface area contributed by atoms with Crippen LogP contribution in [-0.4, -0.2) is 4.92 Å². The van der Waals surface area contributed by atoms with Gasteiger partial charge in [0.25, 0.3) is 5.69 Å². The summed E-state index contributed by atoms with van der Waals surface area (Å²) in [5.41, 5.74) is 3.28. The van der Waals surface area contributed by atoms with Gasteiger partial charge in [0.05, 0.1) is 10.5 Å². The molecule has 0 atom stereocenters. The van der Waals surface area contributed by atoms with Crippen LogP contribution < -0.4 is 0 Å². The van der Waals surface area contributed by atoms with Crippen molar-refractivity contribution in [3.63, 3.8) is 0 Å². The van der Waals surface area contributed by atoms with Crippen molar-refractivity contribution in [2.75, 3.05) is 0 Å². The van der Waals surface area contributed by atoms with E-state index in [0.29, 0.717) is 10.6 Å². The number of nitro benzene ring substituents is 1. The lowest BCUT2D eigenvalue weighted by atomic mass is 9.98. The lowest BCUT2D eigenvalue weighted by molar-refractivity contribution is -0.384. The van der Waals surface area contributed by atoms with Gasteiger partial charge in [-0.1, -0.05) is 60.1 Å². The van der Waals surface area contributed by atoms with Crippen LogP contribution in [0.25, 0.3) is 22.3 Å². The molecule has 0 fully saturated rings. The van der Waals surface area contributed by atoms with Gasteiger partial charge in [0.2, 0.25) is 0 Å². The molecule has 22 heavy (non-hydrogen) atoms. The number of nitrogens with zero attached hydrogens (tertiary/aromatic N) is 1. The SMILES string of the molecule is O=[N+]([O-])c1ccccc1-c1ccc(Cl)c(-c2ccccc2)c1. The molecular weight excluding hydrogens is 298 g/mol. The molecule has 0 aliphatic rings. The zero-order valence-corrected chi connectivity index (χ0v) is 12.3. The molecule has 3 rings (SSSR count). The second-order valence-corrected chi connectivity index (χ2v) is 5.24. The van der Waals surface area contributed by atoms with E-state index in [2.05, 4.69) is 0 Å². The molecule has 0 unspecified atom stereocenters. The summed E-state index contributed by atoms with van der Waals surface area (Å²) in [6.45, 7) is 0. The molecule has 0 spiro atoms. The van der Waals surface area contributed by atoms with Crippen molar-refractivity contribution in [1.29, 1.82) is 0 Å². The van der Waals surface area contributed by atoms with E-state index in [1.165, 1.54) is 6.07 Å². The summed E-state index contributed by atoms with van der Waals surface area (Å²) in [6.07, 6.45) is 0. The Morgan fingerprint density at radius 2 is 1.45 bits per heavy atom. The van der Waals surface area contributed by atoms with Crippen LogP contribution in [0, 0.1) is 10.1 Å². The van der Waals surface area contributed by atoms with Crippen LogP contribution in [0.1, 0.15) is 0 Å². The second-order valence-electron chi connectivity index (χ2n) is 4.83. The molecule has 0 heterocycles. The number of hydrogen-bond donors (Lipinski definition) is 0. The third-order valence-electron chi connectivity index (χ3n) is 3.46. The molecule has 3 nitrogen and oxygen atoms in total. The standard InChI is InChI=1S/C18H12ClNO2/c19-17-11-10-14(12-16(17)13-6-2-1-3-7-13)15-8-4-5-9-18(15)20(21)22/h1-12H. The van der Waals surface area contributed by atoms with Gasteiger partial charge in [-0.2, -0.15) is 0 Å². The van der Waals surface area contributed by atoms with Crippen molar-refractivity contribution in [2.24, 2.45) is 0 Å². The third-order valence-corrected chi connectivity index (χ3v) is 3.79. The molecule has 0 radical (unpaired) electrons. The first-order chi connectivity index (χ1) is 10.7. The van der Waals surface area contributed by atoms with Gasteiger partial charge in [-0.3, -0.25) is 10.1 Å². The molecule has 0 saturated carbocycles. The fraction of sp³-hybridized carbons (Fsp3) is 0. The maximum atomic E-state index is 11.2. The summed E-state index contributed by atoms with van der Waals surface area (Å²) in [6, 6.07) is 21.9. The molecule has 3 aromatic rings. The molecule has 0 amide bonds. The number of nitro groups is 1. The molecule has 0 aliphatic heterocycles. The minimum absolute atomic E-state index is 0.0869. The second kappa shape index (κ2) is 6.00. The third kappa shape index (κ3) is 2.71. The average Bonchev–Trinajstić information content (AvgIpc) is 2.56. The van der Waals surface area contributed by atoms with Crippen LogP contribution in [0.3, 0.4) is 0 Å². The van der Waals surface area contributed by atoms with Crippen molar-refractivity contribution < 1.29 is 4.92 Å². The summed E-state index contributed by atoms with van der Waals surface area (Å²) in [7, 11) is 0. The normalized spacial score (nSPS) is 10.4. The van der Waals surface area contributed by atoms with Crippen LogP contribution in [0.5, 0.6) is 0 Å². The van der Waals surface area contributed by atoms with Gasteiger partial charge in [0.1, 0.15) is 0 Å². The van der Waals surface area contributed by atoms with E-state index >= 15 is 0 Å². The smallest absolute Gasteiger partial charge is 0.258 e. The zero-order valence-electron chi connectivity index (χ0n) is 11.6. The molecule has 4 heteroatoms. The highest BCUT2D eigenvalue weighted by Gasteiger charge is 2.15. The molecule has 0 bridgehead atoms. The molecular formula is C18H12ClNO2. The predicted octanol–water partition coefficient (Wildman–Crippen LogP) is 5.58. The number of halogens is 1. The number of hydrogen-bond acceptors (Lipinski definition) is 2. The van der Waals surface area contributed by atoms with Gasteiger partial charge in [-0.25, -0.2) is 0 Å². The fourth-order valence-corrected chi connectivity index (χ4v) is 2.64. The largest absolute Gasteiger partial charge is 0.277 e. The number of rotatable bonds is 3. The molecule has 0 N–H and O–H groups in total. The average molecular weight is 310 g/mol. The van der Waals surface area contributed by atoms with E-state index in [1.54, 1.807) is 30.3 Å². The van der Waals surface area contributed by atoms with Crippen LogP contribution in [0.15, 0.2) is 72.8 Å². The maximum Gasteiger partial charge on any atom is 0.277 e. The van der Waals surface area contributed by atoms with E-state index in [4.69, 9.17) is 11.6 Å². The number of para-hydroxylation sites is 1. The summed E-state index contributed by atoms with van der Waals surface area (Å²) >= 11 is 6.29. The Hall–Kier alpha value is -2.65. The molecule has 108 valence electrons. The summed E-state index contributed by atoms with van der Waals surface area (Å²) in [4.78, 5) is 10.8. The van der Waals surface area contributed by atoms with Gasteiger partial charge >= 0.3 is 0 Å². The monoisotopic (exact) mass is 309 g/mol. The minimum atomic E-state index is -0.369. The van der Waals surface area contributed by atoms with Gasteiger partial charge < -0.3 is 0 Å². The van der Waals surface area contributed by atoms with E-state index in [9.17, 15) is 10.1 Å². The zero-order chi connectivity index (χ0) is 15.5. The van der Waals surface area contributed by atoms with Gasteiger partial charge in [0.15, 0.2) is 0 Å². The highest BCUT2D eigenvalue weighted by atomic mass is 35.5. The van der Waals surface area contributed by atoms with Crippen LogP contribution in [0.2, 0.25) is 5.02 Å². The summed E-state index contributed by atoms with van der Waals surface area (Å²) in [5, 5.41) is 11.8. The van der Waals surface area contributed by atoms with Crippen molar-refractivity contribution in [2.45, 2.75) is 0 Å². The van der Waals surface area contributed by atoms with E-state index < -0.39 is 0 Å². The van der Waals surface area contributed by atoms with E-state index in [0.717, 1.165) is 16.7 Å². The summed E-state index contributed by atoms with van der Waals surface area (Å²) < 4.78 is 0. The number of benzene rings is 3. The highest BCUT2D eigenvalue weighted by molar-refractivity contribution is 6.33. The first-order valence-corrected chi connectivity index (χ1v) is 7.13. The first kappa shape index (κ1) is 14.3. The van der Waals surface area contributed by atoms with Crippen LogP contribution >= 0.6 is 11.6 Å². The van der Waals surface area contributed by atoms with Gasteiger partial charge in [-0.05, 0) is 29.3 Å². The molecule has 3 aromatic carbocycles. The molecule has 0 saturated heterocycles. The van der Waals surface area contributed by atoms with E-state index in [-0.39, 0.29) is 10.6 Å². The lowest BCUT2D eigenvalue weighted by Crippen LogP contribution is -1.92. The van der Waals surface area contributed by atoms with Crippen molar-refractivity contribution in [3.8, 4) is 22.3 Å². The highest BCUT2D eigenvalue weighted by Crippen LogP contribution is 2.35. The Bertz CT molecular complexity index is 832. The Balaban J connectivity index is 2.17. The minimum Gasteiger partial charge on any atom is -0.258 e. The molecule has 0 aliphatic carbocycles. The Labute approximate surface area is 133 Å². The van der Waals surface area contributed by atoms with Crippen LogP contribution in [-0.2, 0) is 0 Å². The van der Waals surface area contributed by atoms with Crippen molar-refractivity contribution in [1.82, 2.24) is 0 Å². The van der Waals surface area contributed by atoms with Gasteiger partial charge in [-0.15, -0.1) is 0 Å². The Morgan fingerprint density at radius 1 is 0.773 bits per heavy atom. The predicted molar refractivity (Wildman–Crippen MR) is 89.0 cm³/mol. The van der Waals surface area contributed by atoms with Crippen molar-refractivity contribution in [3.05, 3.63) is 87.9 Å². The summed E-state index contributed by atoms with van der Waals surface area (Å²) in [5.74, 6) is 0. The Morgan fingerprint density at radius 3 is 2.18 bits per heavy atom. The topological polar surface area (TPSA) is 43.1 Å². The first-order valence-electron chi connectivity index (χ1n) is 6.75. The Kier molecular flexibility index (Phi) is 3.90.